The molecule has 5 heteroatoms. The Hall–Kier alpha value is -0.810. The molecular formula is C10H21N3O2. The van der Waals surface area contributed by atoms with E-state index in [2.05, 4.69) is 10.5 Å². The largest absolute Gasteiger partial charge is 0.409 e. The molecule has 1 atom stereocenters. The average Bonchev–Trinajstić information content (AvgIpc) is 2.97. The van der Waals surface area contributed by atoms with E-state index in [-0.39, 0.29) is 11.5 Å². The molecule has 0 aromatic heterocycles. The zero-order valence-electron chi connectivity index (χ0n) is 9.24. The topological polar surface area (TPSA) is 90.9 Å². The highest BCUT2D eigenvalue weighted by Gasteiger charge is 2.42. The van der Waals surface area contributed by atoms with Gasteiger partial charge >= 0.3 is 0 Å². The Balaban J connectivity index is 2.20. The third-order valence-corrected chi connectivity index (χ3v) is 2.99. The minimum Gasteiger partial charge on any atom is -0.409 e. The van der Waals surface area contributed by atoms with Crippen molar-refractivity contribution in [1.82, 2.24) is 5.32 Å². The molecule has 0 heterocycles. The van der Waals surface area contributed by atoms with Crippen LogP contribution in [0.1, 0.15) is 32.6 Å². The number of amidine groups is 1. The molecule has 0 radical (unpaired) electrons. The van der Waals surface area contributed by atoms with Crippen molar-refractivity contribution in [3.8, 4) is 0 Å². The van der Waals surface area contributed by atoms with Gasteiger partial charge in [-0.05, 0) is 24.7 Å². The maximum absolute atomic E-state index is 9.35. The van der Waals surface area contributed by atoms with E-state index in [1.807, 2.05) is 6.92 Å². The van der Waals surface area contributed by atoms with Crippen molar-refractivity contribution in [1.29, 1.82) is 0 Å². The van der Waals surface area contributed by atoms with E-state index in [4.69, 9.17) is 10.9 Å². The summed E-state index contributed by atoms with van der Waals surface area (Å²) >= 11 is 0. The van der Waals surface area contributed by atoms with Crippen LogP contribution in [-0.2, 0) is 0 Å². The second kappa shape index (κ2) is 5.32. The smallest absolute Gasteiger partial charge is 0.139 e. The zero-order valence-corrected chi connectivity index (χ0v) is 9.24. The van der Waals surface area contributed by atoms with Crippen molar-refractivity contribution in [2.75, 3.05) is 13.1 Å². The van der Waals surface area contributed by atoms with Crippen LogP contribution in [0.2, 0.25) is 0 Å². The summed E-state index contributed by atoms with van der Waals surface area (Å²) in [6, 6.07) is 0. The van der Waals surface area contributed by atoms with Crippen molar-refractivity contribution in [3.05, 3.63) is 0 Å². The van der Waals surface area contributed by atoms with Gasteiger partial charge in [0.05, 0.1) is 6.10 Å². The molecule has 5 nitrogen and oxygen atoms in total. The molecule has 0 amide bonds. The lowest BCUT2D eigenvalue weighted by Crippen LogP contribution is -2.33. The second-order valence-electron chi connectivity index (χ2n) is 4.46. The van der Waals surface area contributed by atoms with Crippen LogP contribution in [0.4, 0.5) is 0 Å². The molecule has 88 valence electrons. The Morgan fingerprint density at radius 2 is 2.27 bits per heavy atom. The summed E-state index contributed by atoms with van der Waals surface area (Å²) in [5.74, 6) is 0.297. The van der Waals surface area contributed by atoms with Crippen LogP contribution in [-0.4, -0.2) is 35.3 Å². The SMILES string of the molecule is CCC(O)CNCC1(CC(N)=NO)CC1. The van der Waals surface area contributed by atoms with Gasteiger partial charge in [0.1, 0.15) is 5.84 Å². The lowest BCUT2D eigenvalue weighted by Gasteiger charge is -2.16. The summed E-state index contributed by atoms with van der Waals surface area (Å²) in [6.07, 6.45) is 3.35. The van der Waals surface area contributed by atoms with Gasteiger partial charge in [-0.25, -0.2) is 0 Å². The van der Waals surface area contributed by atoms with Gasteiger partial charge in [0.15, 0.2) is 0 Å². The molecule has 0 bridgehead atoms. The number of nitrogens with two attached hydrogens (primary N) is 1. The molecule has 1 aliphatic carbocycles. The van der Waals surface area contributed by atoms with E-state index in [0.717, 1.165) is 25.8 Å². The van der Waals surface area contributed by atoms with Gasteiger partial charge in [0.2, 0.25) is 0 Å². The van der Waals surface area contributed by atoms with Crippen LogP contribution in [0.3, 0.4) is 0 Å². The van der Waals surface area contributed by atoms with Crippen LogP contribution < -0.4 is 11.1 Å². The van der Waals surface area contributed by atoms with Crippen molar-refractivity contribution in [2.24, 2.45) is 16.3 Å². The predicted octanol–water partition coefficient (Wildman–Crippen LogP) is 0.264. The summed E-state index contributed by atoms with van der Waals surface area (Å²) < 4.78 is 0. The monoisotopic (exact) mass is 215 g/mol. The molecule has 0 aromatic rings. The lowest BCUT2D eigenvalue weighted by atomic mass is 10.0. The molecule has 1 rings (SSSR count). The van der Waals surface area contributed by atoms with Gasteiger partial charge in [-0.3, -0.25) is 0 Å². The van der Waals surface area contributed by atoms with Gasteiger partial charge in [0, 0.05) is 19.5 Å². The molecule has 1 aliphatic rings. The van der Waals surface area contributed by atoms with E-state index in [1.54, 1.807) is 0 Å². The fourth-order valence-electron chi connectivity index (χ4n) is 1.66. The molecule has 1 fully saturated rings. The maximum Gasteiger partial charge on any atom is 0.139 e. The normalized spacial score (nSPS) is 21.3. The number of nitrogens with zero attached hydrogens (tertiary/aromatic N) is 1. The van der Waals surface area contributed by atoms with Crippen LogP contribution in [0.5, 0.6) is 0 Å². The van der Waals surface area contributed by atoms with E-state index >= 15 is 0 Å². The van der Waals surface area contributed by atoms with E-state index < -0.39 is 0 Å². The summed E-state index contributed by atoms with van der Waals surface area (Å²) in [5, 5.41) is 24.0. The molecule has 0 aliphatic heterocycles. The van der Waals surface area contributed by atoms with Gasteiger partial charge in [0.25, 0.3) is 0 Å². The van der Waals surface area contributed by atoms with Crippen molar-refractivity contribution >= 4 is 5.84 Å². The number of hydrogen-bond donors (Lipinski definition) is 4. The Morgan fingerprint density at radius 3 is 2.73 bits per heavy atom. The number of rotatable bonds is 7. The van der Waals surface area contributed by atoms with Gasteiger partial charge < -0.3 is 21.4 Å². The Bertz CT molecular complexity index is 227. The van der Waals surface area contributed by atoms with Gasteiger partial charge in [-0.2, -0.15) is 0 Å². The molecular weight excluding hydrogens is 194 g/mol. The first kappa shape index (κ1) is 12.3. The first-order valence-corrected chi connectivity index (χ1v) is 5.47. The minimum atomic E-state index is -0.273. The Morgan fingerprint density at radius 1 is 1.60 bits per heavy atom. The quantitative estimate of drug-likeness (QED) is 0.212. The standard InChI is InChI=1S/C10H21N3O2/c1-2-8(14)6-12-7-10(3-4-10)5-9(11)13-15/h8,12,14-15H,2-7H2,1H3,(H2,11,13). The van der Waals surface area contributed by atoms with E-state index in [1.165, 1.54) is 0 Å². The third kappa shape index (κ3) is 4.05. The van der Waals surface area contributed by atoms with Crippen molar-refractivity contribution < 1.29 is 10.3 Å². The maximum atomic E-state index is 9.35. The number of oxime groups is 1. The molecule has 0 spiro atoms. The fraction of sp³-hybridized carbons (Fsp3) is 0.900. The molecule has 1 saturated carbocycles. The summed E-state index contributed by atoms with van der Waals surface area (Å²) in [4.78, 5) is 0. The summed E-state index contributed by atoms with van der Waals surface area (Å²) in [6.45, 7) is 3.41. The van der Waals surface area contributed by atoms with Crippen LogP contribution >= 0.6 is 0 Å². The molecule has 0 saturated heterocycles. The number of aliphatic hydroxyl groups is 1. The number of aliphatic hydroxyl groups excluding tert-OH is 1. The second-order valence-corrected chi connectivity index (χ2v) is 4.46. The summed E-state index contributed by atoms with van der Waals surface area (Å²) in [5.41, 5.74) is 5.65. The Labute approximate surface area is 90.3 Å². The summed E-state index contributed by atoms with van der Waals surface area (Å²) in [7, 11) is 0. The fourth-order valence-corrected chi connectivity index (χ4v) is 1.66. The van der Waals surface area contributed by atoms with Crippen LogP contribution in [0.25, 0.3) is 0 Å². The van der Waals surface area contributed by atoms with Crippen molar-refractivity contribution in [2.45, 2.75) is 38.7 Å². The average molecular weight is 215 g/mol. The van der Waals surface area contributed by atoms with E-state index in [0.29, 0.717) is 18.8 Å². The predicted molar refractivity (Wildman–Crippen MR) is 58.9 cm³/mol. The molecule has 1 unspecified atom stereocenters. The highest BCUT2D eigenvalue weighted by molar-refractivity contribution is 5.80. The van der Waals surface area contributed by atoms with Crippen LogP contribution in [0, 0.1) is 5.41 Å². The zero-order chi connectivity index (χ0) is 11.3. The minimum absolute atomic E-state index is 0.170. The first-order valence-electron chi connectivity index (χ1n) is 5.47. The third-order valence-electron chi connectivity index (χ3n) is 2.99. The van der Waals surface area contributed by atoms with E-state index in [9.17, 15) is 5.11 Å². The lowest BCUT2D eigenvalue weighted by molar-refractivity contribution is 0.165. The molecule has 5 N–H and O–H groups in total. The number of nitrogens with one attached hydrogen (secondary N) is 1. The van der Waals surface area contributed by atoms with Crippen molar-refractivity contribution in [3.63, 3.8) is 0 Å². The highest BCUT2D eigenvalue weighted by Crippen LogP contribution is 2.48. The molecule has 0 aromatic carbocycles. The Kier molecular flexibility index (Phi) is 4.35. The molecule has 15 heavy (non-hydrogen) atoms. The van der Waals surface area contributed by atoms with Gasteiger partial charge in [-0.1, -0.05) is 12.1 Å². The first-order chi connectivity index (χ1) is 7.12. The van der Waals surface area contributed by atoms with Crippen LogP contribution in [0.15, 0.2) is 5.16 Å². The number of hydrogen-bond acceptors (Lipinski definition) is 4. The van der Waals surface area contributed by atoms with Gasteiger partial charge in [-0.15, -0.1) is 0 Å². The highest BCUT2D eigenvalue weighted by atomic mass is 16.4.